The van der Waals surface area contributed by atoms with E-state index in [1.165, 1.54) is 17.3 Å². The standard InChI is InChI=1S/C11H7F2N7O/c12-6-1-2-8(7(13)3-6)21-11-18-9(14)17-10(19-11)20-5-15-4-16-20/h1-5H,(H2,14,17,18,19). The van der Waals surface area contributed by atoms with Gasteiger partial charge in [-0.3, -0.25) is 0 Å². The molecule has 0 radical (unpaired) electrons. The maximum atomic E-state index is 13.5. The molecule has 106 valence electrons. The summed E-state index contributed by atoms with van der Waals surface area (Å²) in [6, 6.07) is 2.58. The molecular formula is C11H7F2N7O. The number of halogens is 2. The minimum Gasteiger partial charge on any atom is -0.421 e. The molecule has 3 aromatic rings. The van der Waals surface area contributed by atoms with Crippen molar-refractivity contribution in [3.63, 3.8) is 0 Å². The van der Waals surface area contributed by atoms with E-state index < -0.39 is 11.6 Å². The van der Waals surface area contributed by atoms with Crippen LogP contribution in [-0.4, -0.2) is 29.7 Å². The van der Waals surface area contributed by atoms with E-state index in [-0.39, 0.29) is 23.7 Å². The van der Waals surface area contributed by atoms with Crippen molar-refractivity contribution in [1.82, 2.24) is 29.7 Å². The van der Waals surface area contributed by atoms with E-state index >= 15 is 0 Å². The number of aromatic nitrogens is 6. The Morgan fingerprint density at radius 1 is 1.14 bits per heavy atom. The molecule has 8 nitrogen and oxygen atoms in total. The lowest BCUT2D eigenvalue weighted by Crippen LogP contribution is -2.08. The van der Waals surface area contributed by atoms with Gasteiger partial charge in [0.15, 0.2) is 11.6 Å². The second kappa shape index (κ2) is 5.07. The van der Waals surface area contributed by atoms with Gasteiger partial charge >= 0.3 is 6.01 Å². The number of ether oxygens (including phenoxy) is 1. The van der Waals surface area contributed by atoms with Gasteiger partial charge in [-0.25, -0.2) is 13.8 Å². The average molecular weight is 291 g/mol. The lowest BCUT2D eigenvalue weighted by molar-refractivity contribution is 0.406. The molecule has 21 heavy (non-hydrogen) atoms. The van der Waals surface area contributed by atoms with Crippen molar-refractivity contribution < 1.29 is 13.5 Å². The number of hydrogen-bond donors (Lipinski definition) is 1. The molecule has 3 rings (SSSR count). The molecule has 2 heterocycles. The third-order valence-electron chi connectivity index (χ3n) is 2.34. The predicted octanol–water partition coefficient (Wildman–Crippen LogP) is 1.10. The van der Waals surface area contributed by atoms with Crippen LogP contribution >= 0.6 is 0 Å². The van der Waals surface area contributed by atoms with E-state index in [1.807, 2.05) is 0 Å². The average Bonchev–Trinajstić information content (AvgIpc) is 2.95. The fraction of sp³-hybridized carbons (Fsp3) is 0. The van der Waals surface area contributed by atoms with E-state index in [2.05, 4.69) is 25.0 Å². The fourth-order valence-electron chi connectivity index (χ4n) is 1.48. The Morgan fingerprint density at radius 3 is 2.71 bits per heavy atom. The lowest BCUT2D eigenvalue weighted by atomic mass is 10.3. The van der Waals surface area contributed by atoms with Crippen LogP contribution in [0.25, 0.3) is 5.95 Å². The van der Waals surface area contributed by atoms with E-state index in [9.17, 15) is 8.78 Å². The zero-order chi connectivity index (χ0) is 14.8. The second-order valence-corrected chi connectivity index (χ2v) is 3.79. The summed E-state index contributed by atoms with van der Waals surface area (Å²) in [7, 11) is 0. The molecule has 0 amide bonds. The summed E-state index contributed by atoms with van der Waals surface area (Å²) in [4.78, 5) is 15.2. The summed E-state index contributed by atoms with van der Waals surface area (Å²) in [5.41, 5.74) is 5.52. The number of benzene rings is 1. The van der Waals surface area contributed by atoms with Gasteiger partial charge in [-0.1, -0.05) is 0 Å². The quantitative estimate of drug-likeness (QED) is 0.770. The molecule has 0 aliphatic carbocycles. The summed E-state index contributed by atoms with van der Waals surface area (Å²) in [5.74, 6) is -1.95. The van der Waals surface area contributed by atoms with Gasteiger partial charge in [-0.2, -0.15) is 24.7 Å². The van der Waals surface area contributed by atoms with Crippen LogP contribution in [0.5, 0.6) is 11.8 Å². The molecule has 0 saturated carbocycles. The highest BCUT2D eigenvalue weighted by molar-refractivity contribution is 5.30. The summed E-state index contributed by atoms with van der Waals surface area (Å²) in [5, 5.41) is 3.82. The highest BCUT2D eigenvalue weighted by Gasteiger charge is 2.12. The van der Waals surface area contributed by atoms with Gasteiger partial charge in [-0.15, -0.1) is 0 Å². The Labute approximate surface area is 116 Å². The van der Waals surface area contributed by atoms with Crippen LogP contribution < -0.4 is 10.5 Å². The number of hydrogen-bond acceptors (Lipinski definition) is 7. The van der Waals surface area contributed by atoms with Crippen LogP contribution in [0, 0.1) is 11.6 Å². The number of nitrogens with two attached hydrogens (primary N) is 1. The van der Waals surface area contributed by atoms with Crippen molar-refractivity contribution in [3.8, 4) is 17.7 Å². The molecule has 0 aliphatic rings. The molecule has 0 fully saturated rings. The molecule has 0 aliphatic heterocycles. The Hall–Kier alpha value is -3.17. The van der Waals surface area contributed by atoms with Gasteiger partial charge in [0, 0.05) is 6.07 Å². The fourth-order valence-corrected chi connectivity index (χ4v) is 1.48. The zero-order valence-electron chi connectivity index (χ0n) is 10.3. The molecule has 0 bridgehead atoms. The third-order valence-corrected chi connectivity index (χ3v) is 2.34. The number of anilines is 1. The minimum absolute atomic E-state index is 0.0533. The molecule has 0 unspecified atom stereocenters. The van der Waals surface area contributed by atoms with Crippen LogP contribution in [0.1, 0.15) is 0 Å². The number of nitrogen functional groups attached to an aromatic ring is 1. The highest BCUT2D eigenvalue weighted by atomic mass is 19.1. The summed E-state index contributed by atoms with van der Waals surface area (Å²) in [6.45, 7) is 0. The molecule has 0 saturated heterocycles. The smallest absolute Gasteiger partial charge is 0.328 e. The molecule has 10 heteroatoms. The first-order valence-electron chi connectivity index (χ1n) is 5.61. The summed E-state index contributed by atoms with van der Waals surface area (Å²) >= 11 is 0. The first-order valence-corrected chi connectivity index (χ1v) is 5.61. The van der Waals surface area contributed by atoms with Crippen molar-refractivity contribution in [2.45, 2.75) is 0 Å². The summed E-state index contributed by atoms with van der Waals surface area (Å²) < 4.78 is 32.7. The summed E-state index contributed by atoms with van der Waals surface area (Å²) in [6.07, 6.45) is 2.62. The molecule has 1 aromatic carbocycles. The zero-order valence-corrected chi connectivity index (χ0v) is 10.3. The van der Waals surface area contributed by atoms with Gasteiger partial charge in [0.1, 0.15) is 18.5 Å². The monoisotopic (exact) mass is 291 g/mol. The third kappa shape index (κ3) is 2.73. The molecule has 0 spiro atoms. The highest BCUT2D eigenvalue weighted by Crippen LogP contribution is 2.23. The lowest BCUT2D eigenvalue weighted by Gasteiger charge is -2.06. The van der Waals surface area contributed by atoms with Crippen LogP contribution in [0.2, 0.25) is 0 Å². The second-order valence-electron chi connectivity index (χ2n) is 3.79. The Kier molecular flexibility index (Phi) is 3.10. The first kappa shape index (κ1) is 12.8. The van der Waals surface area contributed by atoms with Gasteiger partial charge in [0.25, 0.3) is 5.95 Å². The van der Waals surface area contributed by atoms with Gasteiger partial charge < -0.3 is 10.5 Å². The van der Waals surface area contributed by atoms with Crippen molar-refractivity contribution in [2.24, 2.45) is 0 Å². The van der Waals surface area contributed by atoms with Crippen LogP contribution in [0.15, 0.2) is 30.9 Å². The largest absolute Gasteiger partial charge is 0.421 e. The topological polar surface area (TPSA) is 105 Å². The van der Waals surface area contributed by atoms with Crippen LogP contribution in [0.4, 0.5) is 14.7 Å². The van der Waals surface area contributed by atoms with E-state index in [0.717, 1.165) is 12.1 Å². The predicted molar refractivity (Wildman–Crippen MR) is 65.6 cm³/mol. The molecule has 0 atom stereocenters. The maximum Gasteiger partial charge on any atom is 0.328 e. The number of rotatable bonds is 3. The van der Waals surface area contributed by atoms with Gasteiger partial charge in [-0.05, 0) is 12.1 Å². The molecular weight excluding hydrogens is 284 g/mol. The normalized spacial score (nSPS) is 10.6. The molecule has 2 N–H and O–H groups in total. The Bertz CT molecular complexity index is 778. The maximum absolute atomic E-state index is 13.5. The van der Waals surface area contributed by atoms with E-state index in [4.69, 9.17) is 10.5 Å². The van der Waals surface area contributed by atoms with E-state index in [1.54, 1.807) is 0 Å². The van der Waals surface area contributed by atoms with Crippen LogP contribution in [0.3, 0.4) is 0 Å². The minimum atomic E-state index is -0.892. The van der Waals surface area contributed by atoms with Crippen LogP contribution in [-0.2, 0) is 0 Å². The van der Waals surface area contributed by atoms with Gasteiger partial charge in [0.2, 0.25) is 5.95 Å². The van der Waals surface area contributed by atoms with E-state index in [0.29, 0.717) is 6.07 Å². The first-order chi connectivity index (χ1) is 10.1. The van der Waals surface area contributed by atoms with Gasteiger partial charge in [0.05, 0.1) is 0 Å². The van der Waals surface area contributed by atoms with Crippen molar-refractivity contribution in [2.75, 3.05) is 5.73 Å². The number of nitrogens with zero attached hydrogens (tertiary/aromatic N) is 6. The van der Waals surface area contributed by atoms with Crippen molar-refractivity contribution >= 4 is 5.95 Å². The van der Waals surface area contributed by atoms with Crippen molar-refractivity contribution in [3.05, 3.63) is 42.5 Å². The Morgan fingerprint density at radius 2 is 2.00 bits per heavy atom. The molecule has 2 aromatic heterocycles. The Balaban J connectivity index is 1.95. The SMILES string of the molecule is Nc1nc(Oc2ccc(F)cc2F)nc(-n2cncn2)n1. The van der Waals surface area contributed by atoms with Crippen molar-refractivity contribution in [1.29, 1.82) is 0 Å².